The smallest absolute Gasteiger partial charge is 0.324 e. The van der Waals surface area contributed by atoms with E-state index < -0.39 is 12.0 Å². The van der Waals surface area contributed by atoms with Crippen molar-refractivity contribution in [2.75, 3.05) is 7.11 Å². The lowest BCUT2D eigenvalue weighted by atomic mass is 10.4. The monoisotopic (exact) mass is 228 g/mol. The van der Waals surface area contributed by atoms with E-state index in [2.05, 4.69) is 15.6 Å². The van der Waals surface area contributed by atoms with Crippen molar-refractivity contribution < 1.29 is 14.3 Å². The highest BCUT2D eigenvalue weighted by atomic mass is 32.1. The maximum Gasteiger partial charge on any atom is 0.324 e. The van der Waals surface area contributed by atoms with Crippen LogP contribution in [-0.2, 0) is 9.53 Å². The number of hydrogen-bond donors (Lipinski definition) is 2. The number of amides is 1. The van der Waals surface area contributed by atoms with Gasteiger partial charge < -0.3 is 4.74 Å². The molecule has 0 bridgehead atoms. The van der Waals surface area contributed by atoms with E-state index >= 15 is 0 Å². The summed E-state index contributed by atoms with van der Waals surface area (Å²) in [7, 11) is 1.29. The summed E-state index contributed by atoms with van der Waals surface area (Å²) in [5, 5.41) is 1.80. The molecule has 0 aromatic carbocycles. The summed E-state index contributed by atoms with van der Waals surface area (Å²) in [4.78, 5) is 23.0. The van der Waals surface area contributed by atoms with Crippen LogP contribution in [0.2, 0.25) is 0 Å². The highest BCUT2D eigenvalue weighted by Gasteiger charge is 2.14. The third-order valence-electron chi connectivity index (χ3n) is 1.70. The normalized spacial score (nSPS) is 11.9. The summed E-state index contributed by atoms with van der Waals surface area (Å²) in [6.07, 6.45) is 0. The van der Waals surface area contributed by atoms with Gasteiger partial charge in [0.05, 0.1) is 12.0 Å². The fraction of sp³-hybridized carbons (Fsp3) is 0.333. The van der Waals surface area contributed by atoms with Crippen LogP contribution in [0, 0.1) is 0 Å². The average molecular weight is 228 g/mol. The lowest BCUT2D eigenvalue weighted by Gasteiger charge is -2.11. The molecule has 6 heteroatoms. The van der Waals surface area contributed by atoms with Crippen molar-refractivity contribution in [1.82, 2.24) is 10.9 Å². The Hall–Kier alpha value is -1.40. The molecule has 0 radical (unpaired) electrons. The highest BCUT2D eigenvalue weighted by Crippen LogP contribution is 2.07. The second-order valence-corrected chi connectivity index (χ2v) is 3.77. The van der Waals surface area contributed by atoms with Crippen LogP contribution < -0.4 is 10.9 Å². The fourth-order valence-corrected chi connectivity index (χ4v) is 1.50. The number of carbonyl (C=O) groups excluding carboxylic acids is 2. The molecule has 2 N–H and O–H groups in total. The summed E-state index contributed by atoms with van der Waals surface area (Å²) < 4.78 is 4.48. The number of rotatable bonds is 4. The van der Waals surface area contributed by atoms with Gasteiger partial charge in [-0.3, -0.25) is 15.0 Å². The number of esters is 1. The number of nitrogens with one attached hydrogen (secondary N) is 2. The molecule has 0 aliphatic heterocycles. The lowest BCUT2D eigenvalue weighted by molar-refractivity contribution is -0.142. The van der Waals surface area contributed by atoms with Gasteiger partial charge in [0, 0.05) is 0 Å². The van der Waals surface area contributed by atoms with E-state index in [4.69, 9.17) is 0 Å². The topological polar surface area (TPSA) is 67.4 Å². The quantitative estimate of drug-likeness (QED) is 0.583. The van der Waals surface area contributed by atoms with Crippen molar-refractivity contribution >= 4 is 23.2 Å². The van der Waals surface area contributed by atoms with E-state index in [-0.39, 0.29) is 5.91 Å². The van der Waals surface area contributed by atoms with Crippen molar-refractivity contribution in [1.29, 1.82) is 0 Å². The van der Waals surface area contributed by atoms with Crippen LogP contribution in [-0.4, -0.2) is 25.0 Å². The molecule has 0 unspecified atom stereocenters. The first-order valence-electron chi connectivity index (χ1n) is 4.32. The Bertz CT molecular complexity index is 337. The molecular weight excluding hydrogens is 216 g/mol. The Morgan fingerprint density at radius 2 is 2.27 bits per heavy atom. The van der Waals surface area contributed by atoms with Crippen LogP contribution >= 0.6 is 11.3 Å². The Labute approximate surface area is 91.4 Å². The molecule has 1 aromatic heterocycles. The molecule has 1 rings (SSSR count). The zero-order valence-electron chi connectivity index (χ0n) is 8.44. The Kier molecular flexibility index (Phi) is 4.26. The molecule has 82 valence electrons. The van der Waals surface area contributed by atoms with E-state index in [9.17, 15) is 9.59 Å². The van der Waals surface area contributed by atoms with Gasteiger partial charge in [-0.1, -0.05) is 6.07 Å². The van der Waals surface area contributed by atoms with Crippen molar-refractivity contribution in [3.63, 3.8) is 0 Å². The van der Waals surface area contributed by atoms with Gasteiger partial charge in [-0.2, -0.15) is 0 Å². The summed E-state index contributed by atoms with van der Waals surface area (Å²) in [6.45, 7) is 1.60. The Morgan fingerprint density at radius 1 is 1.53 bits per heavy atom. The molecule has 0 saturated carbocycles. The molecule has 0 spiro atoms. The zero-order chi connectivity index (χ0) is 11.3. The number of hydrogen-bond acceptors (Lipinski definition) is 5. The summed E-state index contributed by atoms with van der Waals surface area (Å²) >= 11 is 1.33. The van der Waals surface area contributed by atoms with Crippen LogP contribution in [0.25, 0.3) is 0 Å². The van der Waals surface area contributed by atoms with Crippen LogP contribution in [0.15, 0.2) is 17.5 Å². The maximum atomic E-state index is 11.4. The molecule has 0 saturated heterocycles. The zero-order valence-corrected chi connectivity index (χ0v) is 9.26. The predicted molar refractivity (Wildman–Crippen MR) is 56.4 cm³/mol. The molecule has 0 aliphatic carbocycles. The van der Waals surface area contributed by atoms with Crippen LogP contribution in [0.4, 0.5) is 0 Å². The summed E-state index contributed by atoms with van der Waals surface area (Å²) in [5.74, 6) is -0.692. The lowest BCUT2D eigenvalue weighted by Crippen LogP contribution is -2.46. The van der Waals surface area contributed by atoms with E-state index in [1.807, 2.05) is 0 Å². The largest absolute Gasteiger partial charge is 0.468 e. The molecule has 1 heterocycles. The van der Waals surface area contributed by atoms with Gasteiger partial charge in [0.25, 0.3) is 5.91 Å². The summed E-state index contributed by atoms with van der Waals surface area (Å²) in [5.41, 5.74) is 4.97. The first kappa shape index (κ1) is 11.7. The van der Waals surface area contributed by atoms with Gasteiger partial charge in [-0.25, -0.2) is 5.43 Å². The molecule has 5 nitrogen and oxygen atoms in total. The minimum Gasteiger partial charge on any atom is -0.468 e. The first-order chi connectivity index (χ1) is 7.15. The average Bonchev–Trinajstić information content (AvgIpc) is 2.77. The number of thiophene rings is 1. The van der Waals surface area contributed by atoms with Crippen LogP contribution in [0.3, 0.4) is 0 Å². The van der Waals surface area contributed by atoms with Crippen molar-refractivity contribution in [3.05, 3.63) is 22.4 Å². The molecular formula is C9H12N2O3S. The van der Waals surface area contributed by atoms with Gasteiger partial charge in [-0.15, -0.1) is 11.3 Å². The minimum atomic E-state index is -0.570. The number of methoxy groups -OCH3 is 1. The SMILES string of the molecule is COC(=O)[C@H](C)NNC(=O)c1cccs1. The third kappa shape index (κ3) is 3.34. The number of hydrazine groups is 1. The van der Waals surface area contributed by atoms with Gasteiger partial charge in [0.2, 0.25) is 0 Å². The van der Waals surface area contributed by atoms with E-state index in [1.165, 1.54) is 18.4 Å². The number of ether oxygens (including phenoxy) is 1. The van der Waals surface area contributed by atoms with Gasteiger partial charge in [0.1, 0.15) is 6.04 Å². The highest BCUT2D eigenvalue weighted by molar-refractivity contribution is 7.12. The molecule has 1 atom stereocenters. The van der Waals surface area contributed by atoms with Gasteiger partial charge >= 0.3 is 5.97 Å². The van der Waals surface area contributed by atoms with Crippen molar-refractivity contribution in [2.24, 2.45) is 0 Å². The third-order valence-corrected chi connectivity index (χ3v) is 2.57. The van der Waals surface area contributed by atoms with Crippen LogP contribution in [0.1, 0.15) is 16.6 Å². The van der Waals surface area contributed by atoms with E-state index in [0.29, 0.717) is 4.88 Å². The molecule has 15 heavy (non-hydrogen) atoms. The summed E-state index contributed by atoms with van der Waals surface area (Å²) in [6, 6.07) is 2.91. The van der Waals surface area contributed by atoms with E-state index in [1.54, 1.807) is 24.4 Å². The minimum absolute atomic E-state index is 0.263. The van der Waals surface area contributed by atoms with Crippen molar-refractivity contribution in [3.8, 4) is 0 Å². The Balaban J connectivity index is 2.38. The number of carbonyl (C=O) groups is 2. The van der Waals surface area contributed by atoms with Crippen molar-refractivity contribution in [2.45, 2.75) is 13.0 Å². The van der Waals surface area contributed by atoms with Gasteiger partial charge in [-0.05, 0) is 18.4 Å². The van der Waals surface area contributed by atoms with Gasteiger partial charge in [0.15, 0.2) is 0 Å². The Morgan fingerprint density at radius 3 is 2.80 bits per heavy atom. The van der Waals surface area contributed by atoms with E-state index in [0.717, 1.165) is 0 Å². The van der Waals surface area contributed by atoms with Crippen LogP contribution in [0.5, 0.6) is 0 Å². The fourth-order valence-electron chi connectivity index (χ4n) is 0.879. The standard InChI is InChI=1S/C9H12N2O3S/c1-6(9(13)14-2)10-11-8(12)7-4-3-5-15-7/h3-6,10H,1-2H3,(H,11,12)/t6-/m0/s1. The molecule has 0 fully saturated rings. The maximum absolute atomic E-state index is 11.4. The first-order valence-corrected chi connectivity index (χ1v) is 5.20. The predicted octanol–water partition coefficient (Wildman–Crippen LogP) is 0.544. The second-order valence-electron chi connectivity index (χ2n) is 2.82. The molecule has 1 aromatic rings. The molecule has 1 amide bonds. The molecule has 0 aliphatic rings. The second kappa shape index (κ2) is 5.47.